The predicted octanol–water partition coefficient (Wildman–Crippen LogP) is 3.71. The van der Waals surface area contributed by atoms with Gasteiger partial charge in [0.1, 0.15) is 0 Å². The second-order valence-corrected chi connectivity index (χ2v) is 6.27. The first-order valence-corrected chi connectivity index (χ1v) is 8.10. The molecule has 0 aliphatic heterocycles. The Kier molecular flexibility index (Phi) is 7.92. The summed E-state index contributed by atoms with van der Waals surface area (Å²) in [5, 5.41) is 7.20. The topological polar surface area (TPSA) is 24.1 Å². The maximum atomic E-state index is 3.89. The fraction of sp³-hybridized carbons (Fsp3) is 1.00. The minimum absolute atomic E-state index is 0.663. The highest BCUT2D eigenvalue weighted by molar-refractivity contribution is 4.84. The van der Waals surface area contributed by atoms with Gasteiger partial charge < -0.3 is 10.6 Å². The van der Waals surface area contributed by atoms with Gasteiger partial charge in [0.2, 0.25) is 0 Å². The van der Waals surface area contributed by atoms with Crippen molar-refractivity contribution >= 4 is 0 Å². The van der Waals surface area contributed by atoms with Crippen LogP contribution in [0, 0.1) is 5.92 Å². The highest BCUT2D eigenvalue weighted by atomic mass is 15.0. The molecular weight excluding hydrogens is 220 g/mol. The Morgan fingerprint density at radius 2 is 1.83 bits per heavy atom. The molecule has 0 aromatic rings. The molecule has 0 aromatic heterocycles. The Labute approximate surface area is 114 Å². The summed E-state index contributed by atoms with van der Waals surface area (Å²) in [4.78, 5) is 0. The van der Waals surface area contributed by atoms with E-state index in [2.05, 4.69) is 38.5 Å². The van der Waals surface area contributed by atoms with Crippen molar-refractivity contribution in [3.05, 3.63) is 0 Å². The van der Waals surface area contributed by atoms with E-state index in [4.69, 9.17) is 0 Å². The molecule has 0 radical (unpaired) electrons. The van der Waals surface area contributed by atoms with Crippen LogP contribution in [0.2, 0.25) is 0 Å². The molecular formula is C16H34N2. The van der Waals surface area contributed by atoms with Gasteiger partial charge in [0.05, 0.1) is 0 Å². The van der Waals surface area contributed by atoms with Crippen molar-refractivity contribution in [3.63, 3.8) is 0 Å². The van der Waals surface area contributed by atoms with Gasteiger partial charge in [-0.3, -0.25) is 0 Å². The smallest absolute Gasteiger partial charge is 0.00978 e. The molecule has 1 fully saturated rings. The van der Waals surface area contributed by atoms with Gasteiger partial charge in [-0.2, -0.15) is 0 Å². The van der Waals surface area contributed by atoms with Crippen molar-refractivity contribution < 1.29 is 0 Å². The van der Waals surface area contributed by atoms with E-state index in [1.807, 2.05) is 0 Å². The average Bonchev–Trinajstić information content (AvgIpc) is 2.77. The summed E-state index contributed by atoms with van der Waals surface area (Å²) in [6.07, 6.45) is 11.0. The largest absolute Gasteiger partial charge is 0.317 e. The summed E-state index contributed by atoms with van der Waals surface area (Å²) in [5.74, 6) is 0.952. The maximum absolute atomic E-state index is 3.89. The first kappa shape index (κ1) is 16.0. The van der Waals surface area contributed by atoms with Crippen molar-refractivity contribution in [2.45, 2.75) is 90.3 Å². The Morgan fingerprint density at radius 3 is 2.50 bits per heavy atom. The zero-order chi connectivity index (χ0) is 13.4. The van der Waals surface area contributed by atoms with Crippen LogP contribution < -0.4 is 10.6 Å². The molecule has 2 nitrogen and oxygen atoms in total. The first-order valence-electron chi connectivity index (χ1n) is 8.10. The van der Waals surface area contributed by atoms with Crippen LogP contribution in [0.25, 0.3) is 0 Å². The molecule has 0 heterocycles. The summed E-state index contributed by atoms with van der Waals surface area (Å²) in [7, 11) is 2.06. The van der Waals surface area contributed by atoms with E-state index >= 15 is 0 Å². The number of hydrogen-bond donors (Lipinski definition) is 2. The molecule has 1 aliphatic carbocycles. The number of rotatable bonds is 9. The van der Waals surface area contributed by atoms with Crippen LogP contribution in [0.5, 0.6) is 0 Å². The van der Waals surface area contributed by atoms with Crippen LogP contribution in [-0.2, 0) is 0 Å². The molecule has 1 aliphatic rings. The fourth-order valence-corrected chi connectivity index (χ4v) is 3.30. The third-order valence-corrected chi connectivity index (χ3v) is 4.58. The summed E-state index contributed by atoms with van der Waals surface area (Å²) in [5.41, 5.74) is 0. The monoisotopic (exact) mass is 254 g/mol. The van der Waals surface area contributed by atoms with Crippen molar-refractivity contribution in [3.8, 4) is 0 Å². The molecule has 2 N–H and O–H groups in total. The van der Waals surface area contributed by atoms with Crippen LogP contribution in [-0.4, -0.2) is 25.2 Å². The zero-order valence-corrected chi connectivity index (χ0v) is 13.0. The molecule has 108 valence electrons. The van der Waals surface area contributed by atoms with E-state index in [9.17, 15) is 0 Å². The van der Waals surface area contributed by atoms with Crippen LogP contribution in [0.4, 0.5) is 0 Å². The first-order chi connectivity index (χ1) is 8.67. The maximum Gasteiger partial charge on any atom is 0.00978 e. The summed E-state index contributed by atoms with van der Waals surface area (Å²) in [6.45, 7) is 6.95. The van der Waals surface area contributed by atoms with E-state index in [1.165, 1.54) is 51.4 Å². The predicted molar refractivity (Wildman–Crippen MR) is 81.0 cm³/mol. The fourth-order valence-electron chi connectivity index (χ4n) is 3.30. The van der Waals surface area contributed by atoms with Gasteiger partial charge in [0.15, 0.2) is 0 Å². The van der Waals surface area contributed by atoms with E-state index < -0.39 is 0 Å². The highest BCUT2D eigenvalue weighted by Gasteiger charge is 2.26. The summed E-state index contributed by atoms with van der Waals surface area (Å²) in [6, 6.07) is 2.16. The third kappa shape index (κ3) is 5.71. The minimum atomic E-state index is 0.663. The lowest BCUT2D eigenvalue weighted by molar-refractivity contribution is 0.332. The molecule has 0 aromatic carbocycles. The van der Waals surface area contributed by atoms with Gasteiger partial charge in [-0.1, -0.05) is 26.2 Å². The SMILES string of the molecule is CCCC1CCCC1NC(C)CCCC(C)NC. The normalized spacial score (nSPS) is 27.3. The van der Waals surface area contributed by atoms with Crippen LogP contribution in [0.3, 0.4) is 0 Å². The third-order valence-electron chi connectivity index (χ3n) is 4.58. The summed E-state index contributed by atoms with van der Waals surface area (Å²) >= 11 is 0. The minimum Gasteiger partial charge on any atom is -0.317 e. The lowest BCUT2D eigenvalue weighted by Crippen LogP contribution is -2.39. The standard InChI is InChI=1S/C16H34N2/c1-5-8-15-11-7-12-16(15)18-14(3)10-6-9-13(2)17-4/h13-18H,5-12H2,1-4H3. The molecule has 0 spiro atoms. The molecule has 2 heteroatoms. The Morgan fingerprint density at radius 1 is 1.11 bits per heavy atom. The molecule has 4 unspecified atom stereocenters. The van der Waals surface area contributed by atoms with Gasteiger partial charge in [-0.05, 0) is 58.9 Å². The van der Waals surface area contributed by atoms with Crippen LogP contribution in [0.1, 0.15) is 72.1 Å². The second-order valence-electron chi connectivity index (χ2n) is 6.27. The lowest BCUT2D eigenvalue weighted by Gasteiger charge is -2.25. The van der Waals surface area contributed by atoms with E-state index in [1.54, 1.807) is 0 Å². The quantitative estimate of drug-likeness (QED) is 0.655. The van der Waals surface area contributed by atoms with Crippen molar-refractivity contribution in [2.75, 3.05) is 7.05 Å². The van der Waals surface area contributed by atoms with Crippen molar-refractivity contribution in [1.82, 2.24) is 10.6 Å². The number of nitrogens with one attached hydrogen (secondary N) is 2. The number of hydrogen-bond acceptors (Lipinski definition) is 2. The molecule has 1 rings (SSSR count). The zero-order valence-electron chi connectivity index (χ0n) is 13.0. The summed E-state index contributed by atoms with van der Waals surface area (Å²) < 4.78 is 0. The molecule has 1 saturated carbocycles. The second kappa shape index (κ2) is 8.92. The average molecular weight is 254 g/mol. The van der Waals surface area contributed by atoms with E-state index in [0.29, 0.717) is 12.1 Å². The van der Waals surface area contributed by atoms with Crippen LogP contribution in [0.15, 0.2) is 0 Å². The van der Waals surface area contributed by atoms with Gasteiger partial charge >= 0.3 is 0 Å². The van der Waals surface area contributed by atoms with Gasteiger partial charge in [-0.25, -0.2) is 0 Å². The van der Waals surface area contributed by atoms with Crippen molar-refractivity contribution in [2.24, 2.45) is 5.92 Å². The highest BCUT2D eigenvalue weighted by Crippen LogP contribution is 2.29. The molecule has 4 atom stereocenters. The molecule has 18 heavy (non-hydrogen) atoms. The molecule has 0 saturated heterocycles. The van der Waals surface area contributed by atoms with Crippen molar-refractivity contribution in [1.29, 1.82) is 0 Å². The van der Waals surface area contributed by atoms with E-state index in [-0.39, 0.29) is 0 Å². The Balaban J connectivity index is 2.16. The van der Waals surface area contributed by atoms with E-state index in [0.717, 1.165) is 12.0 Å². The molecule has 0 bridgehead atoms. The van der Waals surface area contributed by atoms with Gasteiger partial charge in [0, 0.05) is 18.1 Å². The van der Waals surface area contributed by atoms with Crippen LogP contribution >= 0.6 is 0 Å². The lowest BCUT2D eigenvalue weighted by atomic mass is 9.97. The Hall–Kier alpha value is -0.0800. The van der Waals surface area contributed by atoms with Gasteiger partial charge in [0.25, 0.3) is 0 Å². The Bertz CT molecular complexity index is 205. The molecule has 0 amide bonds. The van der Waals surface area contributed by atoms with Gasteiger partial charge in [-0.15, -0.1) is 0 Å².